The molecule has 0 aliphatic carbocycles. The summed E-state index contributed by atoms with van der Waals surface area (Å²) in [6.07, 6.45) is 5.97. The van der Waals surface area contributed by atoms with Crippen LogP contribution in [0.1, 0.15) is 62.1 Å². The molecular formula is C32H41FN6O2S. The first-order valence-corrected chi connectivity index (χ1v) is 15.8. The van der Waals surface area contributed by atoms with Gasteiger partial charge in [-0.05, 0) is 87.5 Å². The van der Waals surface area contributed by atoms with Gasteiger partial charge < -0.3 is 14.9 Å². The number of carbonyl (C=O) groups is 1. The molecule has 224 valence electrons. The van der Waals surface area contributed by atoms with Gasteiger partial charge in [0.1, 0.15) is 17.3 Å². The van der Waals surface area contributed by atoms with Crippen LogP contribution >= 0.6 is 11.3 Å². The Morgan fingerprint density at radius 1 is 1.10 bits per heavy atom. The Kier molecular flexibility index (Phi) is 9.55. The number of piperidine rings is 1. The van der Waals surface area contributed by atoms with Crippen LogP contribution in [0.5, 0.6) is 0 Å². The minimum absolute atomic E-state index is 0.143. The van der Waals surface area contributed by atoms with Gasteiger partial charge in [0.2, 0.25) is 5.91 Å². The van der Waals surface area contributed by atoms with E-state index < -0.39 is 0 Å². The molecule has 5 rings (SSSR count). The molecule has 1 amide bonds. The molecule has 0 saturated carbocycles. The second kappa shape index (κ2) is 13.3. The lowest BCUT2D eigenvalue weighted by Crippen LogP contribution is -2.43. The Balaban J connectivity index is 1.37. The van der Waals surface area contributed by atoms with Crippen LogP contribution in [-0.4, -0.2) is 75.0 Å². The van der Waals surface area contributed by atoms with Gasteiger partial charge >= 0.3 is 0 Å². The van der Waals surface area contributed by atoms with Gasteiger partial charge in [-0.15, -0.1) is 0 Å². The molecule has 8 nitrogen and oxygen atoms in total. The number of likely N-dealkylation sites (tertiary alicyclic amines) is 1. The number of likely N-dealkylation sites (N-methyl/N-ethyl adjacent to an activating group) is 1. The number of halogens is 1. The van der Waals surface area contributed by atoms with Crippen LogP contribution in [0.3, 0.4) is 0 Å². The third kappa shape index (κ3) is 6.21. The number of aromatic nitrogens is 3. The maximum atomic E-state index is 13.5. The van der Waals surface area contributed by atoms with Crippen LogP contribution < -0.4 is 4.90 Å². The summed E-state index contributed by atoms with van der Waals surface area (Å²) in [5.74, 6) is 1.29. The van der Waals surface area contributed by atoms with Crippen LogP contribution in [-0.2, 0) is 17.8 Å². The van der Waals surface area contributed by atoms with Crippen LogP contribution in [0, 0.1) is 5.82 Å². The monoisotopic (exact) mass is 592 g/mol. The largest absolute Gasteiger partial charge is 0.391 e. The molecule has 1 aromatic carbocycles. The number of amides is 1. The van der Waals surface area contributed by atoms with Crippen molar-refractivity contribution in [1.82, 2.24) is 24.2 Å². The molecule has 1 saturated heterocycles. The van der Waals surface area contributed by atoms with E-state index in [1.807, 2.05) is 23.8 Å². The fourth-order valence-electron chi connectivity index (χ4n) is 5.89. The summed E-state index contributed by atoms with van der Waals surface area (Å²) >= 11 is 1.43. The van der Waals surface area contributed by atoms with Crippen molar-refractivity contribution in [2.45, 2.75) is 59.0 Å². The number of fused-ring (bicyclic) bond motifs is 1. The van der Waals surface area contributed by atoms with Crippen molar-refractivity contribution in [3.05, 3.63) is 64.5 Å². The number of aryl methyl sites for hydroxylation is 1. The fourth-order valence-corrected chi connectivity index (χ4v) is 6.80. The smallest absolute Gasteiger partial charge is 0.236 e. The SMILES string of the molecule is CCCN(CC)C(=O)CN1CCC(c2ccc3nc(CC)c(N(C)c4nc(-c5ccc(F)cc5)c(CO)s4)n3c2)CC1. The zero-order chi connectivity index (χ0) is 29.8. The minimum atomic E-state index is -0.305. The number of aliphatic hydroxyl groups excluding tert-OH is 1. The highest BCUT2D eigenvalue weighted by molar-refractivity contribution is 7.16. The Morgan fingerprint density at radius 3 is 2.48 bits per heavy atom. The normalized spacial score (nSPS) is 14.5. The van der Waals surface area contributed by atoms with E-state index >= 15 is 0 Å². The molecule has 0 spiro atoms. The standard InChI is InChI=1S/C32H41FN6O2S/c1-5-16-38(7-3)29(41)20-37-17-14-22(15-18-37)24-10-13-28-34-26(6-2)31(39(28)19-24)36(4)32-35-30(27(21-40)42-32)23-8-11-25(33)12-9-23/h8-13,19,22,40H,5-7,14-18,20-21H2,1-4H3. The van der Waals surface area contributed by atoms with Gasteiger partial charge in [0.15, 0.2) is 5.13 Å². The number of aliphatic hydroxyl groups is 1. The summed E-state index contributed by atoms with van der Waals surface area (Å²) in [7, 11) is 1.98. The number of benzene rings is 1. The fraction of sp³-hybridized carbons (Fsp3) is 0.469. The van der Waals surface area contributed by atoms with E-state index in [0.29, 0.717) is 18.2 Å². The maximum absolute atomic E-state index is 13.5. The molecule has 4 aromatic rings. The summed E-state index contributed by atoms with van der Waals surface area (Å²) < 4.78 is 15.7. The quantitative estimate of drug-likeness (QED) is 0.235. The number of nitrogens with zero attached hydrogens (tertiary/aromatic N) is 6. The van der Waals surface area contributed by atoms with Gasteiger partial charge in [-0.1, -0.05) is 31.3 Å². The summed E-state index contributed by atoms with van der Waals surface area (Å²) in [6, 6.07) is 10.5. The van der Waals surface area contributed by atoms with Crippen LogP contribution in [0.15, 0.2) is 42.6 Å². The molecular weight excluding hydrogens is 551 g/mol. The van der Waals surface area contributed by atoms with Crippen molar-refractivity contribution in [1.29, 1.82) is 0 Å². The zero-order valence-corrected chi connectivity index (χ0v) is 25.8. The number of hydrogen-bond donors (Lipinski definition) is 1. The van der Waals surface area contributed by atoms with Crippen molar-refractivity contribution in [3.8, 4) is 11.3 Å². The minimum Gasteiger partial charge on any atom is -0.391 e. The summed E-state index contributed by atoms with van der Waals surface area (Å²) in [6.45, 7) is 10.0. The van der Waals surface area contributed by atoms with Gasteiger partial charge in [-0.3, -0.25) is 14.1 Å². The first-order valence-electron chi connectivity index (χ1n) is 15.0. The van der Waals surface area contributed by atoms with E-state index in [9.17, 15) is 14.3 Å². The second-order valence-electron chi connectivity index (χ2n) is 10.9. The highest BCUT2D eigenvalue weighted by Gasteiger charge is 2.26. The Hall–Kier alpha value is -3.34. The molecule has 3 aromatic heterocycles. The molecule has 4 heterocycles. The van der Waals surface area contributed by atoms with Crippen molar-refractivity contribution in [3.63, 3.8) is 0 Å². The molecule has 0 unspecified atom stereocenters. The first kappa shape index (κ1) is 30.1. The number of anilines is 2. The number of carbonyl (C=O) groups excluding carboxylic acids is 1. The first-order chi connectivity index (χ1) is 20.4. The molecule has 0 bridgehead atoms. The number of rotatable bonds is 11. The predicted octanol–water partition coefficient (Wildman–Crippen LogP) is 5.86. The maximum Gasteiger partial charge on any atom is 0.236 e. The lowest BCUT2D eigenvalue weighted by Gasteiger charge is -2.33. The molecule has 1 aliphatic heterocycles. The van der Waals surface area contributed by atoms with Gasteiger partial charge in [0.25, 0.3) is 0 Å². The number of pyridine rings is 1. The molecule has 1 fully saturated rings. The van der Waals surface area contributed by atoms with Gasteiger partial charge in [0, 0.05) is 31.9 Å². The molecule has 0 atom stereocenters. The predicted molar refractivity (Wildman–Crippen MR) is 167 cm³/mol. The molecule has 42 heavy (non-hydrogen) atoms. The Labute approximate surface area is 251 Å². The molecule has 10 heteroatoms. The highest BCUT2D eigenvalue weighted by atomic mass is 32.1. The van der Waals surface area contributed by atoms with Gasteiger partial charge in [0.05, 0.1) is 29.4 Å². The lowest BCUT2D eigenvalue weighted by molar-refractivity contribution is -0.132. The van der Waals surface area contributed by atoms with Crippen molar-refractivity contribution >= 4 is 33.8 Å². The second-order valence-corrected chi connectivity index (χ2v) is 12.0. The van der Waals surface area contributed by atoms with Crippen LogP contribution in [0.2, 0.25) is 0 Å². The third-order valence-corrected chi connectivity index (χ3v) is 9.33. The average molecular weight is 593 g/mol. The van der Waals surface area contributed by atoms with Crippen molar-refractivity contribution in [2.24, 2.45) is 0 Å². The van der Waals surface area contributed by atoms with E-state index in [0.717, 1.165) is 84.6 Å². The molecule has 1 aliphatic rings. The summed E-state index contributed by atoms with van der Waals surface area (Å²) in [4.78, 5) is 29.6. The highest BCUT2D eigenvalue weighted by Crippen LogP contribution is 2.38. The molecule has 1 N–H and O–H groups in total. The van der Waals surface area contributed by atoms with E-state index in [1.54, 1.807) is 12.1 Å². The Bertz CT molecular complexity index is 1510. The molecule has 0 radical (unpaired) electrons. The van der Waals surface area contributed by atoms with Crippen LogP contribution in [0.25, 0.3) is 16.9 Å². The van der Waals surface area contributed by atoms with E-state index in [1.165, 1.54) is 29.0 Å². The summed E-state index contributed by atoms with van der Waals surface area (Å²) in [5, 5.41) is 10.8. The summed E-state index contributed by atoms with van der Waals surface area (Å²) in [5.41, 5.74) is 4.56. The van der Waals surface area contributed by atoms with E-state index in [-0.39, 0.29) is 18.3 Å². The Morgan fingerprint density at radius 2 is 1.83 bits per heavy atom. The number of imidazole rings is 1. The number of hydrogen-bond acceptors (Lipinski definition) is 7. The van der Waals surface area contributed by atoms with Gasteiger partial charge in [-0.2, -0.15) is 0 Å². The number of thiazole rings is 1. The van der Waals surface area contributed by atoms with Crippen molar-refractivity contribution in [2.75, 3.05) is 44.7 Å². The van der Waals surface area contributed by atoms with Gasteiger partial charge in [-0.25, -0.2) is 14.4 Å². The topological polar surface area (TPSA) is 77.2 Å². The van der Waals surface area contributed by atoms with E-state index in [4.69, 9.17) is 9.97 Å². The van der Waals surface area contributed by atoms with E-state index in [2.05, 4.69) is 41.5 Å². The average Bonchev–Trinajstić information content (AvgIpc) is 3.61. The van der Waals surface area contributed by atoms with Crippen molar-refractivity contribution < 1.29 is 14.3 Å². The van der Waals surface area contributed by atoms with Crippen LogP contribution in [0.4, 0.5) is 15.3 Å². The lowest BCUT2D eigenvalue weighted by atomic mass is 9.90. The zero-order valence-electron chi connectivity index (χ0n) is 25.0. The third-order valence-electron chi connectivity index (χ3n) is 8.22.